The van der Waals surface area contributed by atoms with E-state index in [1.54, 1.807) is 23.5 Å². The Kier molecular flexibility index (Phi) is 4.33. The molecule has 0 aromatic heterocycles. The standard InChI is InChI=1S/C10H12S2/c1-11-8-10(12-2)9-6-4-3-5-7-9/h3-8H,1-2H3/b10-8+. The van der Waals surface area contributed by atoms with Gasteiger partial charge in [-0.2, -0.15) is 0 Å². The summed E-state index contributed by atoms with van der Waals surface area (Å²) >= 11 is 3.53. The van der Waals surface area contributed by atoms with E-state index < -0.39 is 0 Å². The van der Waals surface area contributed by atoms with E-state index in [2.05, 4.69) is 42.2 Å². The predicted molar refractivity (Wildman–Crippen MR) is 61.4 cm³/mol. The summed E-state index contributed by atoms with van der Waals surface area (Å²) in [5, 5.41) is 2.18. The highest BCUT2D eigenvalue weighted by molar-refractivity contribution is 8.09. The van der Waals surface area contributed by atoms with E-state index in [1.807, 2.05) is 6.07 Å². The number of rotatable bonds is 3. The first kappa shape index (κ1) is 9.75. The molecule has 2 heteroatoms. The van der Waals surface area contributed by atoms with Gasteiger partial charge in [0.1, 0.15) is 0 Å². The molecule has 0 spiro atoms. The molecule has 0 N–H and O–H groups in total. The highest BCUT2D eigenvalue weighted by Gasteiger charge is 1.96. The number of thioether (sulfide) groups is 2. The maximum absolute atomic E-state index is 2.18. The Labute approximate surface area is 82.4 Å². The van der Waals surface area contributed by atoms with Crippen LogP contribution in [0.15, 0.2) is 35.7 Å². The fraction of sp³-hybridized carbons (Fsp3) is 0.200. The van der Waals surface area contributed by atoms with Gasteiger partial charge in [0.05, 0.1) is 0 Å². The molecular formula is C10H12S2. The van der Waals surface area contributed by atoms with Crippen LogP contribution in [0.3, 0.4) is 0 Å². The zero-order valence-electron chi connectivity index (χ0n) is 7.28. The van der Waals surface area contributed by atoms with Crippen LogP contribution in [0.1, 0.15) is 5.56 Å². The monoisotopic (exact) mass is 196 g/mol. The maximum Gasteiger partial charge on any atom is 0.0204 e. The van der Waals surface area contributed by atoms with Crippen molar-refractivity contribution in [2.75, 3.05) is 12.5 Å². The fourth-order valence-electron chi connectivity index (χ4n) is 0.943. The third-order valence-corrected chi connectivity index (χ3v) is 2.92. The van der Waals surface area contributed by atoms with Crippen molar-refractivity contribution in [3.8, 4) is 0 Å². The molecule has 1 aromatic rings. The first-order valence-corrected chi connectivity index (χ1v) is 6.22. The first-order valence-electron chi connectivity index (χ1n) is 3.71. The Morgan fingerprint density at radius 2 is 1.83 bits per heavy atom. The van der Waals surface area contributed by atoms with Gasteiger partial charge < -0.3 is 0 Å². The molecule has 0 atom stereocenters. The third-order valence-electron chi connectivity index (χ3n) is 1.50. The second-order valence-electron chi connectivity index (χ2n) is 2.29. The lowest BCUT2D eigenvalue weighted by Crippen LogP contribution is -1.76. The van der Waals surface area contributed by atoms with Gasteiger partial charge in [-0.3, -0.25) is 0 Å². The normalized spacial score (nSPS) is 11.7. The molecular weight excluding hydrogens is 184 g/mol. The molecule has 0 saturated carbocycles. The molecule has 0 bridgehead atoms. The first-order chi connectivity index (χ1) is 5.88. The summed E-state index contributed by atoms with van der Waals surface area (Å²) in [4.78, 5) is 1.34. The Hall–Kier alpha value is -0.340. The highest BCUT2D eigenvalue weighted by Crippen LogP contribution is 2.26. The Morgan fingerprint density at radius 3 is 2.33 bits per heavy atom. The molecule has 0 heterocycles. The lowest BCUT2D eigenvalue weighted by molar-refractivity contribution is 1.66. The molecule has 0 fully saturated rings. The third kappa shape index (κ3) is 2.61. The molecule has 0 saturated heterocycles. The van der Waals surface area contributed by atoms with Crippen molar-refractivity contribution in [2.45, 2.75) is 0 Å². The smallest absolute Gasteiger partial charge is 0.0204 e. The van der Waals surface area contributed by atoms with Gasteiger partial charge in [-0.05, 0) is 23.5 Å². The predicted octanol–water partition coefficient (Wildman–Crippen LogP) is 3.71. The molecule has 0 aliphatic rings. The van der Waals surface area contributed by atoms with Gasteiger partial charge in [-0.1, -0.05) is 30.3 Å². The fourth-order valence-corrected chi connectivity index (χ4v) is 2.34. The summed E-state index contributed by atoms with van der Waals surface area (Å²) in [6.07, 6.45) is 4.19. The minimum atomic E-state index is 1.30. The lowest BCUT2D eigenvalue weighted by Gasteiger charge is -2.02. The molecule has 64 valence electrons. The Bertz CT molecular complexity index is 252. The Morgan fingerprint density at radius 1 is 1.17 bits per heavy atom. The second-order valence-corrected chi connectivity index (χ2v) is 3.84. The molecule has 0 aliphatic carbocycles. The zero-order valence-corrected chi connectivity index (χ0v) is 8.91. The number of hydrogen-bond acceptors (Lipinski definition) is 2. The largest absolute Gasteiger partial charge is 0.136 e. The van der Waals surface area contributed by atoms with Gasteiger partial charge in [-0.15, -0.1) is 23.5 Å². The summed E-state index contributed by atoms with van der Waals surface area (Å²) in [7, 11) is 0. The SMILES string of the molecule is CS/C=C(/SC)c1ccccc1. The van der Waals surface area contributed by atoms with E-state index in [-0.39, 0.29) is 0 Å². The van der Waals surface area contributed by atoms with E-state index in [0.717, 1.165) is 0 Å². The summed E-state index contributed by atoms with van der Waals surface area (Å²) in [6.45, 7) is 0. The van der Waals surface area contributed by atoms with Crippen LogP contribution in [0.5, 0.6) is 0 Å². The molecule has 0 nitrogen and oxygen atoms in total. The number of hydrogen-bond donors (Lipinski definition) is 0. The van der Waals surface area contributed by atoms with Gasteiger partial charge in [0.2, 0.25) is 0 Å². The van der Waals surface area contributed by atoms with E-state index >= 15 is 0 Å². The van der Waals surface area contributed by atoms with E-state index in [9.17, 15) is 0 Å². The van der Waals surface area contributed by atoms with Crippen molar-refractivity contribution in [1.29, 1.82) is 0 Å². The molecule has 0 amide bonds. The van der Waals surface area contributed by atoms with Crippen molar-refractivity contribution in [1.82, 2.24) is 0 Å². The summed E-state index contributed by atoms with van der Waals surface area (Å²) in [6, 6.07) is 10.5. The minimum Gasteiger partial charge on any atom is -0.136 e. The quantitative estimate of drug-likeness (QED) is 0.723. The van der Waals surface area contributed by atoms with E-state index in [4.69, 9.17) is 0 Å². The Balaban J connectivity index is 2.88. The van der Waals surface area contributed by atoms with Crippen LogP contribution >= 0.6 is 23.5 Å². The van der Waals surface area contributed by atoms with E-state index in [0.29, 0.717) is 0 Å². The van der Waals surface area contributed by atoms with Crippen molar-refractivity contribution < 1.29 is 0 Å². The molecule has 0 unspecified atom stereocenters. The van der Waals surface area contributed by atoms with Crippen LogP contribution in [0.2, 0.25) is 0 Å². The summed E-state index contributed by atoms with van der Waals surface area (Å²) in [5.74, 6) is 0. The van der Waals surface area contributed by atoms with Crippen LogP contribution in [0.25, 0.3) is 4.91 Å². The number of benzene rings is 1. The summed E-state index contributed by atoms with van der Waals surface area (Å²) < 4.78 is 0. The van der Waals surface area contributed by atoms with Crippen molar-refractivity contribution in [3.05, 3.63) is 41.3 Å². The van der Waals surface area contributed by atoms with Crippen molar-refractivity contribution >= 4 is 28.4 Å². The molecule has 0 aliphatic heterocycles. The highest BCUT2D eigenvalue weighted by atomic mass is 32.2. The van der Waals surface area contributed by atoms with Crippen molar-refractivity contribution in [2.24, 2.45) is 0 Å². The van der Waals surface area contributed by atoms with Crippen LogP contribution < -0.4 is 0 Å². The lowest BCUT2D eigenvalue weighted by atomic mass is 10.2. The molecule has 1 aromatic carbocycles. The average Bonchev–Trinajstić information content (AvgIpc) is 2.15. The van der Waals surface area contributed by atoms with Crippen molar-refractivity contribution in [3.63, 3.8) is 0 Å². The molecule has 12 heavy (non-hydrogen) atoms. The maximum atomic E-state index is 2.18. The zero-order chi connectivity index (χ0) is 8.81. The molecule has 1 rings (SSSR count). The van der Waals surface area contributed by atoms with Gasteiger partial charge >= 0.3 is 0 Å². The van der Waals surface area contributed by atoms with E-state index in [1.165, 1.54) is 10.5 Å². The van der Waals surface area contributed by atoms with Gasteiger partial charge in [0, 0.05) is 4.91 Å². The van der Waals surface area contributed by atoms with Gasteiger partial charge in [0.15, 0.2) is 0 Å². The van der Waals surface area contributed by atoms with Crippen LogP contribution in [-0.4, -0.2) is 12.5 Å². The van der Waals surface area contributed by atoms with Gasteiger partial charge in [-0.25, -0.2) is 0 Å². The van der Waals surface area contributed by atoms with Crippen LogP contribution in [0, 0.1) is 0 Å². The van der Waals surface area contributed by atoms with Crippen LogP contribution in [0.4, 0.5) is 0 Å². The minimum absolute atomic E-state index is 1.30. The topological polar surface area (TPSA) is 0 Å². The molecule has 0 radical (unpaired) electrons. The van der Waals surface area contributed by atoms with Crippen LogP contribution in [-0.2, 0) is 0 Å². The van der Waals surface area contributed by atoms with Gasteiger partial charge in [0.25, 0.3) is 0 Å². The second kappa shape index (κ2) is 5.33. The summed E-state index contributed by atoms with van der Waals surface area (Å²) in [5.41, 5.74) is 1.30. The average molecular weight is 196 g/mol.